The molecule has 1 aliphatic carbocycles. The van der Waals surface area contributed by atoms with E-state index in [4.69, 9.17) is 16.6 Å². The molecule has 130 valence electrons. The zero-order chi connectivity index (χ0) is 16.9. The molecule has 1 saturated carbocycles. The lowest BCUT2D eigenvalue weighted by atomic mass is 10.1. The Morgan fingerprint density at radius 2 is 1.96 bits per heavy atom. The number of nitrogens with one attached hydrogen (secondary N) is 1. The second-order valence-electron chi connectivity index (χ2n) is 6.46. The van der Waals surface area contributed by atoms with E-state index in [-0.39, 0.29) is 11.9 Å². The highest BCUT2D eigenvalue weighted by atomic mass is 35.5. The number of hydrogen-bond acceptors (Lipinski definition) is 3. The molecule has 3 rings (SSSR count). The summed E-state index contributed by atoms with van der Waals surface area (Å²) in [6.07, 6.45) is 7.54. The molecule has 0 radical (unpaired) electrons. The van der Waals surface area contributed by atoms with Crippen molar-refractivity contribution in [3.05, 3.63) is 29.3 Å². The van der Waals surface area contributed by atoms with Gasteiger partial charge in [-0.25, -0.2) is 0 Å². The van der Waals surface area contributed by atoms with E-state index in [1.165, 1.54) is 38.5 Å². The Hall–Kier alpha value is -1.20. The second kappa shape index (κ2) is 8.26. The Balaban J connectivity index is 1.63. The summed E-state index contributed by atoms with van der Waals surface area (Å²) in [6.45, 7) is 0. The van der Waals surface area contributed by atoms with Crippen LogP contribution in [-0.4, -0.2) is 40.9 Å². The van der Waals surface area contributed by atoms with Crippen LogP contribution in [0.1, 0.15) is 38.5 Å². The van der Waals surface area contributed by atoms with Crippen LogP contribution in [0.2, 0.25) is 5.02 Å². The maximum atomic E-state index is 12.6. The highest BCUT2D eigenvalue weighted by Crippen LogP contribution is 2.28. The average Bonchev–Trinajstić information content (AvgIpc) is 2.77. The van der Waals surface area contributed by atoms with Crippen molar-refractivity contribution in [2.45, 2.75) is 50.6 Å². The third-order valence-corrected chi connectivity index (χ3v) is 6.16. The van der Waals surface area contributed by atoms with Crippen molar-refractivity contribution >= 4 is 40.1 Å². The van der Waals surface area contributed by atoms with Crippen LogP contribution in [0.5, 0.6) is 0 Å². The van der Waals surface area contributed by atoms with Crippen molar-refractivity contribution in [2.75, 3.05) is 18.1 Å². The lowest BCUT2D eigenvalue weighted by Crippen LogP contribution is -2.40. The molecule has 1 amide bonds. The molecule has 24 heavy (non-hydrogen) atoms. The van der Waals surface area contributed by atoms with Crippen LogP contribution >= 0.6 is 23.4 Å². The topological polar surface area (TPSA) is 44.7 Å². The molecule has 1 aromatic rings. The zero-order valence-corrected chi connectivity index (χ0v) is 15.6. The minimum atomic E-state index is -0.198. The van der Waals surface area contributed by atoms with Gasteiger partial charge in [-0.05, 0) is 25.0 Å². The first-order valence-electron chi connectivity index (χ1n) is 8.64. The van der Waals surface area contributed by atoms with Gasteiger partial charge in [-0.15, -0.1) is 0 Å². The quantitative estimate of drug-likeness (QED) is 0.807. The number of halogens is 1. The molecule has 0 spiro atoms. The number of amidine groups is 1. The van der Waals surface area contributed by atoms with E-state index in [2.05, 4.69) is 5.32 Å². The molecule has 2 aliphatic rings. The number of aliphatic imine (C=N–C) groups is 1. The van der Waals surface area contributed by atoms with Crippen LogP contribution in [0, 0.1) is 0 Å². The van der Waals surface area contributed by atoms with E-state index < -0.39 is 0 Å². The van der Waals surface area contributed by atoms with Gasteiger partial charge in [-0.2, -0.15) is 0 Å². The third-order valence-electron chi connectivity index (χ3n) is 4.69. The first-order valence-corrected chi connectivity index (χ1v) is 10.0. The molecular formula is C18H24ClN3OS. The molecule has 0 aromatic heterocycles. The smallest absolute Gasteiger partial charge is 0.248 e. The van der Waals surface area contributed by atoms with E-state index in [1.54, 1.807) is 17.8 Å². The first-order chi connectivity index (χ1) is 11.6. The van der Waals surface area contributed by atoms with Gasteiger partial charge in [-0.3, -0.25) is 9.79 Å². The Kier molecular flexibility index (Phi) is 6.06. The van der Waals surface area contributed by atoms with Crippen molar-refractivity contribution in [2.24, 2.45) is 4.99 Å². The van der Waals surface area contributed by atoms with Crippen LogP contribution in [-0.2, 0) is 4.79 Å². The number of thioether (sulfide) groups is 1. The summed E-state index contributed by atoms with van der Waals surface area (Å²) in [7, 11) is 1.96. The molecular weight excluding hydrogens is 342 g/mol. The molecule has 1 aliphatic heterocycles. The number of anilines is 1. The van der Waals surface area contributed by atoms with Crippen molar-refractivity contribution < 1.29 is 4.79 Å². The van der Waals surface area contributed by atoms with E-state index in [9.17, 15) is 4.79 Å². The minimum Gasteiger partial charge on any atom is -0.342 e. The van der Waals surface area contributed by atoms with Crippen molar-refractivity contribution in [1.29, 1.82) is 0 Å². The maximum Gasteiger partial charge on any atom is 0.248 e. The van der Waals surface area contributed by atoms with Crippen LogP contribution < -0.4 is 5.32 Å². The largest absolute Gasteiger partial charge is 0.342 e. The normalized spacial score (nSPS) is 24.2. The molecule has 1 saturated heterocycles. The Bertz CT molecular complexity index is 614. The van der Waals surface area contributed by atoms with E-state index in [0.717, 1.165) is 10.9 Å². The molecule has 1 atom stereocenters. The lowest BCUT2D eigenvalue weighted by Gasteiger charge is -2.21. The van der Waals surface area contributed by atoms with Crippen molar-refractivity contribution in [1.82, 2.24) is 4.90 Å². The van der Waals surface area contributed by atoms with Crippen molar-refractivity contribution in [3.63, 3.8) is 0 Å². The minimum absolute atomic E-state index is 0.0239. The average molecular weight is 366 g/mol. The van der Waals surface area contributed by atoms with Gasteiger partial charge >= 0.3 is 0 Å². The predicted octanol–water partition coefficient (Wildman–Crippen LogP) is 4.40. The van der Waals surface area contributed by atoms with Gasteiger partial charge < -0.3 is 10.2 Å². The van der Waals surface area contributed by atoms with Crippen LogP contribution in [0.15, 0.2) is 29.3 Å². The number of amides is 1. The molecule has 0 bridgehead atoms. The van der Waals surface area contributed by atoms with E-state index in [0.29, 0.717) is 16.8 Å². The third kappa shape index (κ3) is 4.25. The summed E-state index contributed by atoms with van der Waals surface area (Å²) in [4.78, 5) is 19.5. The fraction of sp³-hybridized carbons (Fsp3) is 0.556. The standard InChI is InChI=1S/C18H24ClN3OS/c1-22-16(17(23)21-15-11-7-6-10-14(15)19)12-24-18(22)20-13-8-4-2-3-5-9-13/h6-7,10-11,13,16H,2-5,8-9,12H2,1H3,(H,21,23). The number of nitrogens with zero attached hydrogens (tertiary/aromatic N) is 2. The van der Waals surface area contributed by atoms with Gasteiger partial charge in [0.25, 0.3) is 0 Å². The van der Waals surface area contributed by atoms with Gasteiger partial charge in [0.2, 0.25) is 5.91 Å². The Labute approximate surface area is 153 Å². The molecule has 6 heteroatoms. The number of carbonyl (C=O) groups is 1. The number of carbonyl (C=O) groups excluding carboxylic acids is 1. The maximum absolute atomic E-state index is 12.6. The zero-order valence-electron chi connectivity index (χ0n) is 14.0. The Morgan fingerprint density at radius 3 is 2.67 bits per heavy atom. The first kappa shape index (κ1) is 17.6. The molecule has 2 fully saturated rings. The highest BCUT2D eigenvalue weighted by molar-refractivity contribution is 8.14. The van der Waals surface area contributed by atoms with Gasteiger partial charge in [0.1, 0.15) is 6.04 Å². The number of benzene rings is 1. The SMILES string of the molecule is CN1C(=NC2CCCCCC2)SCC1C(=O)Nc1ccccc1Cl. The van der Waals surface area contributed by atoms with Gasteiger partial charge in [-0.1, -0.05) is 61.2 Å². The van der Waals surface area contributed by atoms with Crippen molar-refractivity contribution in [3.8, 4) is 0 Å². The summed E-state index contributed by atoms with van der Waals surface area (Å²) >= 11 is 7.81. The van der Waals surface area contributed by atoms with Crippen LogP contribution in [0.3, 0.4) is 0 Å². The number of hydrogen-bond donors (Lipinski definition) is 1. The number of para-hydroxylation sites is 1. The summed E-state index contributed by atoms with van der Waals surface area (Å²) in [5.74, 6) is 0.711. The molecule has 1 unspecified atom stereocenters. The van der Waals surface area contributed by atoms with E-state index >= 15 is 0 Å². The van der Waals surface area contributed by atoms with Gasteiger partial charge in [0.05, 0.1) is 16.8 Å². The Morgan fingerprint density at radius 1 is 1.25 bits per heavy atom. The fourth-order valence-corrected chi connectivity index (χ4v) is 4.62. The summed E-state index contributed by atoms with van der Waals surface area (Å²) in [5, 5.41) is 4.50. The number of rotatable bonds is 3. The fourth-order valence-electron chi connectivity index (χ4n) is 3.20. The lowest BCUT2D eigenvalue weighted by molar-refractivity contribution is -0.118. The monoisotopic (exact) mass is 365 g/mol. The molecule has 1 heterocycles. The van der Waals surface area contributed by atoms with Crippen LogP contribution in [0.25, 0.3) is 0 Å². The summed E-state index contributed by atoms with van der Waals surface area (Å²) in [6, 6.07) is 7.55. The van der Waals surface area contributed by atoms with Gasteiger partial charge in [0.15, 0.2) is 5.17 Å². The number of likely N-dealkylation sites (N-methyl/N-ethyl adjacent to an activating group) is 1. The summed E-state index contributed by atoms with van der Waals surface area (Å²) in [5.41, 5.74) is 0.664. The van der Waals surface area contributed by atoms with Gasteiger partial charge in [0, 0.05) is 12.8 Å². The predicted molar refractivity (Wildman–Crippen MR) is 103 cm³/mol. The highest BCUT2D eigenvalue weighted by Gasteiger charge is 2.33. The second-order valence-corrected chi connectivity index (χ2v) is 7.86. The van der Waals surface area contributed by atoms with Crippen LogP contribution in [0.4, 0.5) is 5.69 Å². The molecule has 4 nitrogen and oxygen atoms in total. The molecule has 1 aromatic carbocycles. The molecule has 1 N–H and O–H groups in total. The summed E-state index contributed by atoms with van der Waals surface area (Å²) < 4.78 is 0. The van der Waals surface area contributed by atoms with E-state index in [1.807, 2.05) is 30.1 Å².